The van der Waals surface area contributed by atoms with Crippen LogP contribution in [0.3, 0.4) is 0 Å². The summed E-state index contributed by atoms with van der Waals surface area (Å²) in [7, 11) is 5.44. The van der Waals surface area contributed by atoms with Crippen molar-refractivity contribution in [3.63, 3.8) is 0 Å². The summed E-state index contributed by atoms with van der Waals surface area (Å²) < 4.78 is 0. The molecule has 0 atom stereocenters. The smallest absolute Gasteiger partial charge is 0.0889 e. The summed E-state index contributed by atoms with van der Waals surface area (Å²) in [5.41, 5.74) is 2.64. The van der Waals surface area contributed by atoms with Gasteiger partial charge in [-0.2, -0.15) is 0 Å². The number of benzene rings is 1. The largest absolute Gasteiger partial charge is 0.253 e. The summed E-state index contributed by atoms with van der Waals surface area (Å²) in [5, 5.41) is 0. The number of para-hydroxylation sites is 2. The van der Waals surface area contributed by atoms with Crippen LogP contribution < -0.4 is 0 Å². The Morgan fingerprint density at radius 1 is 1.17 bits per heavy atom. The Morgan fingerprint density at radius 3 is 2.67 bits per heavy atom. The Kier molecular flexibility index (Phi) is 1.78. The normalized spacial score (nSPS) is 10.3. The van der Waals surface area contributed by atoms with Crippen LogP contribution in [0.4, 0.5) is 0 Å². The van der Waals surface area contributed by atoms with Crippen molar-refractivity contribution in [2.75, 3.05) is 0 Å². The summed E-state index contributed by atoms with van der Waals surface area (Å²) in [6.07, 6.45) is 2.15. The minimum Gasteiger partial charge on any atom is -0.253 e. The molecular formula is C9H7BN2. The van der Waals surface area contributed by atoms with E-state index in [1.165, 1.54) is 0 Å². The topological polar surface area (TPSA) is 25.8 Å². The molecule has 1 aromatic heterocycles. The van der Waals surface area contributed by atoms with E-state index in [-0.39, 0.29) is 0 Å². The molecule has 2 rings (SSSR count). The molecule has 0 aliphatic carbocycles. The van der Waals surface area contributed by atoms with Gasteiger partial charge in [0.25, 0.3) is 0 Å². The van der Waals surface area contributed by atoms with Gasteiger partial charge >= 0.3 is 0 Å². The number of hydrogen-bond acceptors (Lipinski definition) is 2. The second-order valence-electron chi connectivity index (χ2n) is 2.55. The van der Waals surface area contributed by atoms with Crippen LogP contribution in [-0.4, -0.2) is 17.8 Å². The highest BCUT2D eigenvalue weighted by atomic mass is 14.8. The summed E-state index contributed by atoms with van der Waals surface area (Å²) in [4.78, 5) is 8.52. The Labute approximate surface area is 72.1 Å². The molecule has 0 fully saturated rings. The zero-order chi connectivity index (χ0) is 8.39. The van der Waals surface area contributed by atoms with E-state index >= 15 is 0 Å². The highest BCUT2D eigenvalue weighted by Crippen LogP contribution is 2.07. The van der Waals surface area contributed by atoms with E-state index in [0.717, 1.165) is 16.7 Å². The predicted molar refractivity (Wildman–Crippen MR) is 49.0 cm³/mol. The van der Waals surface area contributed by atoms with Crippen molar-refractivity contribution >= 4 is 18.9 Å². The number of nitrogens with zero attached hydrogens (tertiary/aromatic N) is 2. The lowest BCUT2D eigenvalue weighted by atomic mass is 10.0. The molecule has 0 bridgehead atoms. The van der Waals surface area contributed by atoms with Crippen LogP contribution in [0.5, 0.6) is 0 Å². The third-order valence-corrected chi connectivity index (χ3v) is 1.71. The monoisotopic (exact) mass is 154 g/mol. The van der Waals surface area contributed by atoms with E-state index in [1.54, 1.807) is 6.20 Å². The van der Waals surface area contributed by atoms with Crippen molar-refractivity contribution in [1.29, 1.82) is 0 Å². The van der Waals surface area contributed by atoms with E-state index in [1.807, 2.05) is 24.3 Å². The van der Waals surface area contributed by atoms with Crippen LogP contribution >= 0.6 is 0 Å². The Balaban J connectivity index is 2.67. The van der Waals surface area contributed by atoms with E-state index in [9.17, 15) is 0 Å². The molecule has 1 aromatic carbocycles. The van der Waals surface area contributed by atoms with Gasteiger partial charge in [-0.25, -0.2) is 0 Å². The van der Waals surface area contributed by atoms with Gasteiger partial charge in [-0.3, -0.25) is 9.97 Å². The minimum atomic E-state index is 0.442. The van der Waals surface area contributed by atoms with E-state index < -0.39 is 0 Å². The van der Waals surface area contributed by atoms with E-state index in [4.69, 9.17) is 7.85 Å². The number of fused-ring (bicyclic) bond motifs is 1. The summed E-state index contributed by atoms with van der Waals surface area (Å²) >= 11 is 0. The molecule has 0 spiro atoms. The molecule has 2 nitrogen and oxygen atoms in total. The zero-order valence-electron chi connectivity index (χ0n) is 6.57. The van der Waals surface area contributed by atoms with Crippen LogP contribution in [0.15, 0.2) is 30.5 Å². The fraction of sp³-hybridized carbons (Fsp3) is 0.111. The summed E-state index contributed by atoms with van der Waals surface area (Å²) in [6, 6.07) is 7.75. The molecule has 3 heteroatoms. The molecule has 56 valence electrons. The number of hydrogen-bond donors (Lipinski definition) is 0. The van der Waals surface area contributed by atoms with Crippen LogP contribution in [0.1, 0.15) is 5.69 Å². The van der Waals surface area contributed by atoms with Crippen molar-refractivity contribution in [3.8, 4) is 0 Å². The minimum absolute atomic E-state index is 0.442. The van der Waals surface area contributed by atoms with Gasteiger partial charge in [0.05, 0.1) is 24.6 Å². The predicted octanol–water partition coefficient (Wildman–Crippen LogP) is 1.30. The fourth-order valence-electron chi connectivity index (χ4n) is 1.09. The maximum Gasteiger partial charge on any atom is 0.0889 e. The first-order valence-electron chi connectivity index (χ1n) is 3.81. The van der Waals surface area contributed by atoms with Gasteiger partial charge in [-0.1, -0.05) is 12.1 Å². The van der Waals surface area contributed by atoms with E-state index in [2.05, 4.69) is 9.97 Å². The first-order valence-corrected chi connectivity index (χ1v) is 3.81. The van der Waals surface area contributed by atoms with E-state index in [0.29, 0.717) is 6.32 Å². The lowest BCUT2D eigenvalue weighted by Crippen LogP contribution is -1.91. The molecule has 0 saturated carbocycles. The summed E-state index contributed by atoms with van der Waals surface area (Å²) in [5.74, 6) is 0. The van der Waals surface area contributed by atoms with Gasteiger partial charge in [-0.15, -0.1) is 0 Å². The molecule has 0 N–H and O–H groups in total. The molecule has 0 unspecified atom stereocenters. The first kappa shape index (κ1) is 7.28. The van der Waals surface area contributed by atoms with Crippen molar-refractivity contribution < 1.29 is 0 Å². The van der Waals surface area contributed by atoms with Crippen LogP contribution in [0, 0.1) is 0 Å². The van der Waals surface area contributed by atoms with Gasteiger partial charge in [-0.05, 0) is 18.5 Å². The summed E-state index contributed by atoms with van der Waals surface area (Å²) in [6.45, 7) is 0. The number of aromatic nitrogens is 2. The molecule has 2 aromatic rings. The third-order valence-electron chi connectivity index (χ3n) is 1.71. The molecular weight excluding hydrogens is 147 g/mol. The second kappa shape index (κ2) is 2.93. The van der Waals surface area contributed by atoms with Crippen molar-refractivity contribution in [2.24, 2.45) is 0 Å². The Bertz CT molecular complexity index is 400. The van der Waals surface area contributed by atoms with Gasteiger partial charge in [0, 0.05) is 6.20 Å². The van der Waals surface area contributed by atoms with Crippen molar-refractivity contribution in [3.05, 3.63) is 36.2 Å². The average Bonchev–Trinajstić information content (AvgIpc) is 2.17. The maximum absolute atomic E-state index is 5.44. The van der Waals surface area contributed by atoms with Crippen molar-refractivity contribution in [2.45, 2.75) is 6.32 Å². The lowest BCUT2D eigenvalue weighted by Gasteiger charge is -1.97. The molecule has 0 amide bonds. The van der Waals surface area contributed by atoms with Crippen LogP contribution in [0.2, 0.25) is 0 Å². The lowest BCUT2D eigenvalue weighted by molar-refractivity contribution is 1.16. The fourth-order valence-corrected chi connectivity index (χ4v) is 1.09. The number of rotatable bonds is 1. The molecule has 0 aliphatic heterocycles. The molecule has 2 radical (unpaired) electrons. The molecule has 0 aliphatic rings. The van der Waals surface area contributed by atoms with Crippen LogP contribution in [0.25, 0.3) is 11.0 Å². The Morgan fingerprint density at radius 2 is 1.92 bits per heavy atom. The van der Waals surface area contributed by atoms with Gasteiger partial charge in [0.2, 0.25) is 0 Å². The quantitative estimate of drug-likeness (QED) is 0.578. The molecule has 1 heterocycles. The SMILES string of the molecule is [B]Cc1cnc2ccccc2n1. The van der Waals surface area contributed by atoms with Gasteiger partial charge in [0.1, 0.15) is 0 Å². The zero-order valence-corrected chi connectivity index (χ0v) is 6.57. The van der Waals surface area contributed by atoms with Crippen molar-refractivity contribution in [1.82, 2.24) is 9.97 Å². The highest BCUT2D eigenvalue weighted by Gasteiger charge is 1.95. The Hall–Kier alpha value is -1.38. The van der Waals surface area contributed by atoms with Gasteiger partial charge < -0.3 is 0 Å². The highest BCUT2D eigenvalue weighted by molar-refractivity contribution is 6.08. The standard InChI is InChI=1S/C9H7BN2/c10-5-7-6-11-8-3-1-2-4-9(8)12-7/h1-4,6H,5H2. The average molecular weight is 154 g/mol. The second-order valence-corrected chi connectivity index (χ2v) is 2.55. The first-order chi connectivity index (χ1) is 5.90. The maximum atomic E-state index is 5.44. The van der Waals surface area contributed by atoms with Gasteiger partial charge in [0.15, 0.2) is 0 Å². The molecule has 12 heavy (non-hydrogen) atoms. The van der Waals surface area contributed by atoms with Crippen LogP contribution in [-0.2, 0) is 6.32 Å². The third kappa shape index (κ3) is 1.18. The molecule has 0 saturated heterocycles.